The highest BCUT2D eigenvalue weighted by atomic mass is 16.7. The summed E-state index contributed by atoms with van der Waals surface area (Å²) in [6.07, 6.45) is 0.237. The number of fused-ring (bicyclic) bond motifs is 1. The van der Waals surface area contributed by atoms with E-state index in [9.17, 15) is 9.59 Å². The summed E-state index contributed by atoms with van der Waals surface area (Å²) >= 11 is 0. The average molecular weight is 364 g/mol. The first kappa shape index (κ1) is 19.9. The first-order valence-electron chi connectivity index (χ1n) is 8.81. The molecule has 0 spiro atoms. The first-order chi connectivity index (χ1) is 12.1. The quantitative estimate of drug-likeness (QED) is 0.810. The molecule has 1 aromatic carbocycles. The van der Waals surface area contributed by atoms with E-state index in [4.69, 9.17) is 14.2 Å². The molecule has 1 heterocycles. The molecule has 2 rings (SSSR count). The van der Waals surface area contributed by atoms with Gasteiger partial charge < -0.3 is 24.8 Å². The Kier molecular flexibility index (Phi) is 6.34. The summed E-state index contributed by atoms with van der Waals surface area (Å²) in [5, 5.41) is 5.69. The third-order valence-corrected chi connectivity index (χ3v) is 3.62. The van der Waals surface area contributed by atoms with Gasteiger partial charge in [0.15, 0.2) is 11.5 Å². The van der Waals surface area contributed by atoms with Crippen molar-refractivity contribution in [1.29, 1.82) is 0 Å². The van der Waals surface area contributed by atoms with E-state index in [0.29, 0.717) is 29.5 Å². The fourth-order valence-corrected chi connectivity index (χ4v) is 2.59. The maximum atomic E-state index is 12.4. The number of alkyl carbamates (subject to hydrolysis) is 1. The highest BCUT2D eigenvalue weighted by Gasteiger charge is 2.21. The number of carbonyl (C=O) groups excluding carboxylic acids is 2. The van der Waals surface area contributed by atoms with E-state index in [-0.39, 0.29) is 18.7 Å². The minimum Gasteiger partial charge on any atom is -0.454 e. The summed E-state index contributed by atoms with van der Waals surface area (Å²) in [5.41, 5.74) is -0.0860. The van der Waals surface area contributed by atoms with Crippen LogP contribution in [0.1, 0.15) is 51.4 Å². The summed E-state index contributed by atoms with van der Waals surface area (Å²) in [4.78, 5) is 24.4. The van der Waals surface area contributed by atoms with Crippen molar-refractivity contribution >= 4 is 12.0 Å². The van der Waals surface area contributed by atoms with Crippen LogP contribution in [0.15, 0.2) is 18.2 Å². The van der Waals surface area contributed by atoms with E-state index >= 15 is 0 Å². The lowest BCUT2D eigenvalue weighted by molar-refractivity contribution is 0.0496. The van der Waals surface area contributed by atoms with Crippen molar-refractivity contribution in [2.24, 2.45) is 5.92 Å². The number of rotatable bonds is 6. The van der Waals surface area contributed by atoms with Gasteiger partial charge in [-0.3, -0.25) is 4.79 Å². The zero-order valence-corrected chi connectivity index (χ0v) is 16.0. The van der Waals surface area contributed by atoms with Crippen LogP contribution in [0.4, 0.5) is 4.79 Å². The zero-order valence-electron chi connectivity index (χ0n) is 16.0. The number of benzene rings is 1. The molecule has 0 unspecified atom stereocenters. The highest BCUT2D eigenvalue weighted by Crippen LogP contribution is 2.32. The van der Waals surface area contributed by atoms with Crippen LogP contribution in [0.2, 0.25) is 0 Å². The van der Waals surface area contributed by atoms with Gasteiger partial charge in [-0.1, -0.05) is 13.8 Å². The second-order valence-electron chi connectivity index (χ2n) is 7.75. The molecular weight excluding hydrogens is 336 g/mol. The van der Waals surface area contributed by atoms with E-state index in [1.54, 1.807) is 18.2 Å². The molecule has 2 amide bonds. The first-order valence-corrected chi connectivity index (χ1v) is 8.81. The van der Waals surface area contributed by atoms with Crippen molar-refractivity contribution in [2.75, 3.05) is 13.3 Å². The van der Waals surface area contributed by atoms with Gasteiger partial charge in [0, 0.05) is 18.2 Å². The number of amides is 2. The summed E-state index contributed by atoms with van der Waals surface area (Å²) in [5.74, 6) is 1.31. The summed E-state index contributed by atoms with van der Waals surface area (Å²) in [6, 6.07) is 4.82. The molecule has 0 fully saturated rings. The Morgan fingerprint density at radius 2 is 1.88 bits per heavy atom. The molecular formula is C19H28N2O5. The molecule has 2 N–H and O–H groups in total. The molecule has 0 aliphatic carbocycles. The second kappa shape index (κ2) is 8.29. The SMILES string of the molecule is CC(C)C[C@@H](CNC(=O)c1ccc2c(c1)OCO2)NC(=O)OC(C)(C)C. The van der Waals surface area contributed by atoms with Crippen LogP contribution in [-0.2, 0) is 4.74 Å². The number of nitrogens with one attached hydrogen (secondary N) is 2. The minimum atomic E-state index is -0.567. The summed E-state index contributed by atoms with van der Waals surface area (Å²) in [6.45, 7) is 10.0. The lowest BCUT2D eigenvalue weighted by atomic mass is 10.0. The van der Waals surface area contributed by atoms with Crippen LogP contribution in [0.5, 0.6) is 11.5 Å². The molecule has 1 aliphatic heterocycles. The van der Waals surface area contributed by atoms with Gasteiger partial charge in [0.2, 0.25) is 6.79 Å². The Hall–Kier alpha value is -2.44. The number of hydrogen-bond donors (Lipinski definition) is 2. The second-order valence-corrected chi connectivity index (χ2v) is 7.75. The molecule has 7 heteroatoms. The van der Waals surface area contributed by atoms with E-state index in [2.05, 4.69) is 24.5 Å². The van der Waals surface area contributed by atoms with Crippen LogP contribution in [0.3, 0.4) is 0 Å². The predicted octanol–water partition coefficient (Wildman–Crippen LogP) is 3.08. The Morgan fingerprint density at radius 1 is 1.19 bits per heavy atom. The van der Waals surface area contributed by atoms with Crippen molar-refractivity contribution in [1.82, 2.24) is 10.6 Å². The standard InChI is InChI=1S/C19H28N2O5/c1-12(2)8-14(21-18(23)26-19(3,4)5)10-20-17(22)13-6-7-15-16(9-13)25-11-24-15/h6-7,9,12,14H,8,10-11H2,1-5H3,(H,20,22)(H,21,23)/t14-/m0/s1. The van der Waals surface area contributed by atoms with Gasteiger partial charge in [0.1, 0.15) is 5.60 Å². The Morgan fingerprint density at radius 3 is 2.54 bits per heavy atom. The third-order valence-electron chi connectivity index (χ3n) is 3.62. The van der Waals surface area contributed by atoms with Crippen molar-refractivity contribution in [3.8, 4) is 11.5 Å². The van der Waals surface area contributed by atoms with E-state index in [0.717, 1.165) is 6.42 Å². The molecule has 7 nitrogen and oxygen atoms in total. The highest BCUT2D eigenvalue weighted by molar-refractivity contribution is 5.95. The number of carbonyl (C=O) groups is 2. The van der Waals surface area contributed by atoms with Crippen LogP contribution < -0.4 is 20.1 Å². The average Bonchev–Trinajstić information content (AvgIpc) is 2.97. The van der Waals surface area contributed by atoms with Crippen LogP contribution in [0, 0.1) is 5.92 Å². The molecule has 0 saturated heterocycles. The normalized spacial score (nSPS) is 14.1. The lowest BCUT2D eigenvalue weighted by Gasteiger charge is -2.25. The largest absolute Gasteiger partial charge is 0.454 e. The van der Waals surface area contributed by atoms with Gasteiger partial charge in [0.25, 0.3) is 5.91 Å². The maximum Gasteiger partial charge on any atom is 0.407 e. The summed E-state index contributed by atoms with van der Waals surface area (Å²) in [7, 11) is 0. The Balaban J connectivity index is 1.93. The van der Waals surface area contributed by atoms with Crippen molar-refractivity contribution in [2.45, 2.75) is 52.7 Å². The fraction of sp³-hybridized carbons (Fsp3) is 0.579. The smallest absolute Gasteiger partial charge is 0.407 e. The molecule has 0 aromatic heterocycles. The minimum absolute atomic E-state index is 0.163. The monoisotopic (exact) mass is 364 g/mol. The topological polar surface area (TPSA) is 85.9 Å². The van der Waals surface area contributed by atoms with Gasteiger partial charge in [-0.05, 0) is 51.3 Å². The third kappa shape index (κ3) is 6.13. The molecule has 1 aromatic rings. The molecule has 1 aliphatic rings. The number of ether oxygens (including phenoxy) is 3. The zero-order chi connectivity index (χ0) is 19.3. The van der Waals surface area contributed by atoms with E-state index in [1.165, 1.54) is 0 Å². The Labute approximate surface area is 154 Å². The van der Waals surface area contributed by atoms with Crippen LogP contribution in [-0.4, -0.2) is 37.0 Å². The predicted molar refractivity (Wildman–Crippen MR) is 97.5 cm³/mol. The van der Waals surface area contributed by atoms with Gasteiger partial charge in [-0.25, -0.2) is 4.79 Å². The van der Waals surface area contributed by atoms with Crippen LogP contribution >= 0.6 is 0 Å². The molecule has 144 valence electrons. The molecule has 0 radical (unpaired) electrons. The molecule has 26 heavy (non-hydrogen) atoms. The van der Waals surface area contributed by atoms with Crippen LogP contribution in [0.25, 0.3) is 0 Å². The molecule has 0 saturated carbocycles. The van der Waals surface area contributed by atoms with Crippen molar-refractivity contribution in [3.63, 3.8) is 0 Å². The lowest BCUT2D eigenvalue weighted by Crippen LogP contribution is -2.46. The van der Waals surface area contributed by atoms with Gasteiger partial charge >= 0.3 is 6.09 Å². The van der Waals surface area contributed by atoms with E-state index < -0.39 is 11.7 Å². The molecule has 1 atom stereocenters. The maximum absolute atomic E-state index is 12.4. The summed E-state index contributed by atoms with van der Waals surface area (Å²) < 4.78 is 15.8. The van der Waals surface area contributed by atoms with Gasteiger partial charge in [-0.15, -0.1) is 0 Å². The molecule has 0 bridgehead atoms. The van der Waals surface area contributed by atoms with Crippen molar-refractivity contribution in [3.05, 3.63) is 23.8 Å². The van der Waals surface area contributed by atoms with Gasteiger partial charge in [-0.2, -0.15) is 0 Å². The Bertz CT molecular complexity index is 652. The van der Waals surface area contributed by atoms with Gasteiger partial charge in [0.05, 0.1) is 0 Å². The fourth-order valence-electron chi connectivity index (χ4n) is 2.59. The van der Waals surface area contributed by atoms with Crippen molar-refractivity contribution < 1.29 is 23.8 Å². The van der Waals surface area contributed by atoms with E-state index in [1.807, 2.05) is 20.8 Å². The number of hydrogen-bond acceptors (Lipinski definition) is 5.